The van der Waals surface area contributed by atoms with E-state index in [-0.39, 0.29) is 11.7 Å². The number of aromatic amines is 1. The molecule has 0 radical (unpaired) electrons. The van der Waals surface area contributed by atoms with Gasteiger partial charge in [-0.15, -0.1) is 0 Å². The maximum atomic E-state index is 14.9. The van der Waals surface area contributed by atoms with E-state index in [1.54, 1.807) is 11.1 Å². The first-order chi connectivity index (χ1) is 17.0. The van der Waals surface area contributed by atoms with Crippen molar-refractivity contribution in [1.82, 2.24) is 25.1 Å². The number of halogens is 5. The molecule has 2 aromatic heterocycles. The number of rotatable bonds is 7. The summed E-state index contributed by atoms with van der Waals surface area (Å²) < 4.78 is 52.9. The first kappa shape index (κ1) is 26.5. The molecule has 1 unspecified atom stereocenters. The Morgan fingerprint density at radius 3 is 2.53 bits per heavy atom. The van der Waals surface area contributed by atoms with Crippen LogP contribution in [0, 0.1) is 19.7 Å². The summed E-state index contributed by atoms with van der Waals surface area (Å²) in [6.45, 7) is 3.99. The molecule has 2 N–H and O–H groups in total. The summed E-state index contributed by atoms with van der Waals surface area (Å²) in [5, 5.41) is 16.9. The van der Waals surface area contributed by atoms with Gasteiger partial charge < -0.3 is 10.0 Å². The summed E-state index contributed by atoms with van der Waals surface area (Å²) in [7, 11) is 0. The lowest BCUT2D eigenvalue weighted by molar-refractivity contribution is -0.208. The van der Waals surface area contributed by atoms with Crippen LogP contribution < -0.4 is 0 Å². The van der Waals surface area contributed by atoms with E-state index in [1.165, 1.54) is 6.07 Å². The second kappa shape index (κ2) is 10.8. The van der Waals surface area contributed by atoms with Gasteiger partial charge in [-0.05, 0) is 74.5 Å². The number of alkyl halides is 3. The predicted molar refractivity (Wildman–Crippen MR) is 128 cm³/mol. The van der Waals surface area contributed by atoms with Crippen LogP contribution in [0.15, 0.2) is 24.4 Å². The highest BCUT2D eigenvalue weighted by Crippen LogP contribution is 2.33. The summed E-state index contributed by atoms with van der Waals surface area (Å²) >= 11 is 6.31. The number of nitrogens with one attached hydrogen (secondary N) is 1. The minimum absolute atomic E-state index is 0.117. The van der Waals surface area contributed by atoms with Gasteiger partial charge in [0.05, 0.1) is 16.4 Å². The quantitative estimate of drug-likeness (QED) is 0.429. The molecule has 1 atom stereocenters. The molecule has 0 saturated carbocycles. The van der Waals surface area contributed by atoms with E-state index in [1.807, 2.05) is 26.0 Å². The average molecular weight is 526 g/mol. The van der Waals surface area contributed by atoms with Crippen LogP contribution >= 0.6 is 11.6 Å². The smallest absolute Gasteiger partial charge is 0.382 e. The van der Waals surface area contributed by atoms with Crippen molar-refractivity contribution >= 4 is 11.6 Å². The predicted octanol–water partition coefficient (Wildman–Crippen LogP) is 4.89. The zero-order valence-corrected chi connectivity index (χ0v) is 20.8. The number of β-amino-alcohol motifs (C(OH)–C–C–N with tert-alkyl or cyclic N) is 1. The lowest BCUT2D eigenvalue weighted by Crippen LogP contribution is -2.44. The molecule has 11 heteroatoms. The molecule has 1 aliphatic heterocycles. The van der Waals surface area contributed by atoms with Gasteiger partial charge in [0.15, 0.2) is 6.10 Å². The Hall–Kier alpha value is -2.56. The van der Waals surface area contributed by atoms with E-state index >= 15 is 0 Å². The molecule has 0 bridgehead atoms. The molecule has 194 valence electrons. The van der Waals surface area contributed by atoms with E-state index in [2.05, 4.69) is 20.2 Å². The highest BCUT2D eigenvalue weighted by atomic mass is 35.5. The molecule has 3 aromatic rings. The van der Waals surface area contributed by atoms with Gasteiger partial charge >= 0.3 is 6.18 Å². The minimum Gasteiger partial charge on any atom is -0.382 e. The second-order valence-electron chi connectivity index (χ2n) is 9.41. The molecule has 6 nitrogen and oxygen atoms in total. The van der Waals surface area contributed by atoms with Crippen molar-refractivity contribution in [3.05, 3.63) is 74.8 Å². The van der Waals surface area contributed by atoms with Crippen molar-refractivity contribution in [3.63, 3.8) is 0 Å². The Balaban J connectivity index is 1.47. The molecule has 0 spiro atoms. The minimum atomic E-state index is -4.64. The third-order valence-corrected chi connectivity index (χ3v) is 6.93. The third-order valence-electron chi connectivity index (χ3n) is 6.61. The highest BCUT2D eigenvalue weighted by Gasteiger charge is 2.39. The topological polar surface area (TPSA) is 77.9 Å². The fraction of sp³-hybridized carbons (Fsp3) is 0.480. The van der Waals surface area contributed by atoms with Crippen molar-refractivity contribution < 1.29 is 22.7 Å². The molecule has 1 saturated heterocycles. The molecule has 3 heterocycles. The van der Waals surface area contributed by atoms with Crippen LogP contribution in [0.1, 0.15) is 58.4 Å². The molecule has 4 rings (SSSR count). The Kier molecular flexibility index (Phi) is 7.96. The fourth-order valence-electron chi connectivity index (χ4n) is 4.57. The van der Waals surface area contributed by atoms with Gasteiger partial charge in [-0.2, -0.15) is 18.3 Å². The maximum absolute atomic E-state index is 14.9. The highest BCUT2D eigenvalue weighted by molar-refractivity contribution is 6.31. The average Bonchev–Trinajstić information content (AvgIpc) is 3.22. The van der Waals surface area contributed by atoms with Crippen LogP contribution in [0.4, 0.5) is 17.6 Å². The van der Waals surface area contributed by atoms with Crippen LogP contribution in [0.2, 0.25) is 5.02 Å². The van der Waals surface area contributed by atoms with Crippen LogP contribution in [0.3, 0.4) is 0 Å². The van der Waals surface area contributed by atoms with Gasteiger partial charge in [0.2, 0.25) is 0 Å². The summed E-state index contributed by atoms with van der Waals surface area (Å²) in [5.41, 5.74) is 4.60. The van der Waals surface area contributed by atoms with E-state index < -0.39 is 18.8 Å². The molecular weight excluding hydrogens is 498 g/mol. The Bertz CT molecular complexity index is 1210. The first-order valence-electron chi connectivity index (χ1n) is 11.8. The molecular formula is C25H28ClF4N5O. The normalized spacial score (nSPS) is 16.4. The summed E-state index contributed by atoms with van der Waals surface area (Å²) in [5.74, 6) is 0.114. The first-order valence-corrected chi connectivity index (χ1v) is 12.1. The standard InChI is InChI=1S/C25H28ClF4N5O/c1-14-7-21(27)19(16-3-5-35(6-4-16)13-23(36)25(28,29)30)9-17(14)10-24-31-12-20(26)22(32-24)11-18-8-15(2)33-34-18/h7-9,12,16,23,36H,3-6,10-11,13H2,1-2H3,(H,33,34). The van der Waals surface area contributed by atoms with Gasteiger partial charge in [-0.3, -0.25) is 5.10 Å². The molecule has 36 heavy (non-hydrogen) atoms. The number of nitrogens with zero attached hydrogens (tertiary/aromatic N) is 4. The van der Waals surface area contributed by atoms with Crippen LogP contribution in [-0.2, 0) is 12.8 Å². The number of aliphatic hydroxyl groups is 1. The zero-order valence-electron chi connectivity index (χ0n) is 20.0. The number of H-pyrrole nitrogens is 1. The number of aromatic nitrogens is 4. The van der Waals surface area contributed by atoms with Crippen molar-refractivity contribution in [2.75, 3.05) is 19.6 Å². The van der Waals surface area contributed by atoms with Crippen LogP contribution in [0.25, 0.3) is 0 Å². The Morgan fingerprint density at radius 2 is 1.89 bits per heavy atom. The lowest BCUT2D eigenvalue weighted by atomic mass is 9.86. The zero-order chi connectivity index (χ0) is 26.0. The third kappa shape index (κ3) is 6.41. The van der Waals surface area contributed by atoms with Gasteiger partial charge in [-0.1, -0.05) is 17.7 Å². The van der Waals surface area contributed by atoms with Gasteiger partial charge in [0.25, 0.3) is 0 Å². The summed E-state index contributed by atoms with van der Waals surface area (Å²) in [6, 6.07) is 5.24. The molecule has 1 aromatic carbocycles. The molecule has 1 fully saturated rings. The van der Waals surface area contributed by atoms with Crippen molar-refractivity contribution in [3.8, 4) is 0 Å². The Labute approximate surface area is 211 Å². The van der Waals surface area contributed by atoms with Gasteiger partial charge in [0, 0.05) is 31.3 Å². The second-order valence-corrected chi connectivity index (χ2v) is 9.82. The summed E-state index contributed by atoms with van der Waals surface area (Å²) in [4.78, 5) is 10.6. The van der Waals surface area contributed by atoms with E-state index in [9.17, 15) is 22.7 Å². The number of hydrogen-bond donors (Lipinski definition) is 2. The van der Waals surface area contributed by atoms with E-state index in [4.69, 9.17) is 11.6 Å². The van der Waals surface area contributed by atoms with E-state index in [0.29, 0.717) is 60.9 Å². The summed E-state index contributed by atoms with van der Waals surface area (Å²) in [6.07, 6.45) is -3.60. The number of aliphatic hydroxyl groups excluding tert-OH is 1. The largest absolute Gasteiger partial charge is 0.415 e. The monoisotopic (exact) mass is 525 g/mol. The van der Waals surface area contributed by atoms with Gasteiger partial charge in [0.1, 0.15) is 11.6 Å². The van der Waals surface area contributed by atoms with Crippen molar-refractivity contribution in [2.24, 2.45) is 0 Å². The molecule has 0 aliphatic carbocycles. The Morgan fingerprint density at radius 1 is 1.17 bits per heavy atom. The maximum Gasteiger partial charge on any atom is 0.415 e. The number of likely N-dealkylation sites (tertiary alicyclic amines) is 1. The molecule has 0 amide bonds. The number of benzene rings is 1. The SMILES string of the molecule is Cc1cc(Cc2nc(Cc3cc(C4CCN(CC(O)C(F)(F)F)CC4)c(F)cc3C)ncc2Cl)n[nH]1. The number of hydrogen-bond acceptors (Lipinski definition) is 5. The van der Waals surface area contributed by atoms with Crippen LogP contribution in [0.5, 0.6) is 0 Å². The fourth-order valence-corrected chi connectivity index (χ4v) is 4.73. The number of piperidine rings is 1. The molecule has 1 aliphatic rings. The lowest BCUT2D eigenvalue weighted by Gasteiger charge is -2.34. The van der Waals surface area contributed by atoms with Crippen molar-refractivity contribution in [1.29, 1.82) is 0 Å². The number of aryl methyl sites for hydroxylation is 2. The van der Waals surface area contributed by atoms with E-state index in [0.717, 1.165) is 22.5 Å². The van der Waals surface area contributed by atoms with Crippen LogP contribution in [-0.4, -0.2) is 62.1 Å². The van der Waals surface area contributed by atoms with Gasteiger partial charge in [-0.25, -0.2) is 14.4 Å². The van der Waals surface area contributed by atoms with Crippen molar-refractivity contribution in [2.45, 2.75) is 57.7 Å².